The van der Waals surface area contributed by atoms with Crippen LogP contribution in [0.5, 0.6) is 5.75 Å². The molecule has 28 heavy (non-hydrogen) atoms. The number of anilines is 1. The number of ether oxygens (including phenoxy) is 1. The molecule has 8 heteroatoms. The SMILES string of the molecule is Cc1ccc([C@@]2(NC(=O)Nc3ccncn3)CCOc3cccnc32)cc1F. The number of urea groups is 1. The molecule has 142 valence electrons. The number of benzene rings is 1. The van der Waals surface area contributed by atoms with E-state index in [1.165, 1.54) is 18.6 Å². The van der Waals surface area contributed by atoms with Gasteiger partial charge in [0.1, 0.15) is 34.9 Å². The van der Waals surface area contributed by atoms with Crippen molar-refractivity contribution in [3.05, 3.63) is 77.8 Å². The number of nitrogens with zero attached hydrogens (tertiary/aromatic N) is 3. The van der Waals surface area contributed by atoms with Crippen molar-refractivity contribution in [3.8, 4) is 5.75 Å². The summed E-state index contributed by atoms with van der Waals surface area (Å²) in [5.74, 6) is 0.557. The molecule has 3 aromatic rings. The molecule has 1 aliphatic heterocycles. The van der Waals surface area contributed by atoms with Crippen LogP contribution in [0.4, 0.5) is 15.0 Å². The number of hydrogen-bond acceptors (Lipinski definition) is 5. The Morgan fingerprint density at radius 1 is 1.21 bits per heavy atom. The van der Waals surface area contributed by atoms with E-state index in [1.54, 1.807) is 43.5 Å². The van der Waals surface area contributed by atoms with E-state index in [9.17, 15) is 9.18 Å². The largest absolute Gasteiger partial charge is 0.491 e. The highest BCUT2D eigenvalue weighted by molar-refractivity contribution is 5.89. The Hall–Kier alpha value is -3.55. The number of hydrogen-bond donors (Lipinski definition) is 2. The number of rotatable bonds is 3. The van der Waals surface area contributed by atoms with Crippen LogP contribution in [0.3, 0.4) is 0 Å². The van der Waals surface area contributed by atoms with Gasteiger partial charge in [0.25, 0.3) is 0 Å². The van der Waals surface area contributed by atoms with Crippen molar-refractivity contribution < 1.29 is 13.9 Å². The van der Waals surface area contributed by atoms with Crippen molar-refractivity contribution in [1.29, 1.82) is 0 Å². The molecule has 0 saturated carbocycles. The second-order valence-electron chi connectivity index (χ2n) is 6.49. The van der Waals surface area contributed by atoms with E-state index in [2.05, 4.69) is 25.6 Å². The van der Waals surface area contributed by atoms with Gasteiger partial charge in [-0.2, -0.15) is 0 Å². The van der Waals surface area contributed by atoms with Crippen molar-refractivity contribution in [1.82, 2.24) is 20.3 Å². The number of fused-ring (bicyclic) bond motifs is 1. The van der Waals surface area contributed by atoms with Gasteiger partial charge in [0.15, 0.2) is 0 Å². The lowest BCUT2D eigenvalue weighted by Crippen LogP contribution is -2.51. The molecule has 0 radical (unpaired) electrons. The molecule has 0 unspecified atom stereocenters. The third kappa shape index (κ3) is 3.24. The van der Waals surface area contributed by atoms with E-state index >= 15 is 0 Å². The maximum Gasteiger partial charge on any atom is 0.321 e. The minimum atomic E-state index is -1.04. The first-order valence-corrected chi connectivity index (χ1v) is 8.78. The highest BCUT2D eigenvalue weighted by atomic mass is 19.1. The Labute approximate surface area is 161 Å². The zero-order chi connectivity index (χ0) is 19.6. The lowest BCUT2D eigenvalue weighted by atomic mass is 9.81. The second-order valence-corrected chi connectivity index (χ2v) is 6.49. The molecule has 4 rings (SSSR count). The maximum absolute atomic E-state index is 14.4. The number of aryl methyl sites for hydroxylation is 1. The van der Waals surface area contributed by atoms with Gasteiger partial charge in [0.2, 0.25) is 0 Å². The van der Waals surface area contributed by atoms with Crippen LogP contribution in [0, 0.1) is 12.7 Å². The topological polar surface area (TPSA) is 89.0 Å². The van der Waals surface area contributed by atoms with E-state index in [4.69, 9.17) is 4.74 Å². The number of halogens is 1. The molecule has 0 spiro atoms. The summed E-state index contributed by atoms with van der Waals surface area (Å²) < 4.78 is 20.1. The van der Waals surface area contributed by atoms with Crippen molar-refractivity contribution in [2.75, 3.05) is 11.9 Å². The van der Waals surface area contributed by atoms with Gasteiger partial charge in [-0.15, -0.1) is 0 Å². The summed E-state index contributed by atoms with van der Waals surface area (Å²) in [4.78, 5) is 25.0. The van der Waals surface area contributed by atoms with Crippen molar-refractivity contribution in [3.63, 3.8) is 0 Å². The first kappa shape index (κ1) is 17.8. The van der Waals surface area contributed by atoms with Crippen LogP contribution in [0.2, 0.25) is 0 Å². The quantitative estimate of drug-likeness (QED) is 0.730. The first-order chi connectivity index (χ1) is 13.6. The molecule has 0 fully saturated rings. The fourth-order valence-corrected chi connectivity index (χ4v) is 3.30. The summed E-state index contributed by atoms with van der Waals surface area (Å²) >= 11 is 0. The lowest BCUT2D eigenvalue weighted by Gasteiger charge is -2.38. The highest BCUT2D eigenvalue weighted by Crippen LogP contribution is 2.40. The average molecular weight is 379 g/mol. The standard InChI is InChI=1S/C20H18FN5O2/c1-13-4-5-14(11-15(13)21)20(7-10-28-16-3-2-8-23-18(16)20)26-19(27)25-17-6-9-22-12-24-17/h2-6,8-9,11-12H,7,10H2,1H3,(H2,22,24,25,26,27)/t20-/m0/s1. The van der Waals surface area contributed by atoms with E-state index < -0.39 is 11.6 Å². The molecule has 1 atom stereocenters. The Kier molecular flexibility index (Phi) is 4.60. The molecule has 1 aromatic carbocycles. The van der Waals surface area contributed by atoms with Crippen molar-refractivity contribution in [2.24, 2.45) is 0 Å². The van der Waals surface area contributed by atoms with Crippen molar-refractivity contribution >= 4 is 11.8 Å². The average Bonchev–Trinajstić information content (AvgIpc) is 2.71. The summed E-state index contributed by atoms with van der Waals surface area (Å²) in [5.41, 5.74) is 0.609. The molecule has 0 aliphatic carbocycles. The zero-order valence-electron chi connectivity index (χ0n) is 15.1. The van der Waals surface area contributed by atoms with E-state index in [0.717, 1.165) is 0 Å². The van der Waals surface area contributed by atoms with Crippen LogP contribution in [0.15, 0.2) is 55.1 Å². The van der Waals surface area contributed by atoms with Gasteiger partial charge >= 0.3 is 6.03 Å². The van der Waals surface area contributed by atoms with Crippen LogP contribution < -0.4 is 15.4 Å². The Balaban J connectivity index is 1.77. The maximum atomic E-state index is 14.4. The molecular weight excluding hydrogens is 361 g/mol. The third-order valence-corrected chi connectivity index (χ3v) is 4.72. The van der Waals surface area contributed by atoms with E-state index in [1.807, 2.05) is 0 Å². The van der Waals surface area contributed by atoms with Crippen LogP contribution in [-0.2, 0) is 5.54 Å². The fraction of sp³-hybridized carbons (Fsp3) is 0.200. The minimum absolute atomic E-state index is 0.348. The Morgan fingerprint density at radius 3 is 2.89 bits per heavy atom. The predicted molar refractivity (Wildman–Crippen MR) is 100 cm³/mol. The van der Waals surface area contributed by atoms with Gasteiger partial charge in [0, 0.05) is 18.8 Å². The Bertz CT molecular complexity index is 1010. The van der Waals surface area contributed by atoms with Gasteiger partial charge in [-0.1, -0.05) is 12.1 Å². The number of carbonyl (C=O) groups excluding carboxylic acids is 1. The Morgan fingerprint density at radius 2 is 2.11 bits per heavy atom. The molecule has 2 N–H and O–H groups in total. The molecule has 2 aromatic heterocycles. The molecule has 1 aliphatic rings. The van der Waals surface area contributed by atoms with Gasteiger partial charge < -0.3 is 10.1 Å². The first-order valence-electron chi connectivity index (χ1n) is 8.78. The van der Waals surface area contributed by atoms with Crippen LogP contribution >= 0.6 is 0 Å². The normalized spacial score (nSPS) is 17.9. The summed E-state index contributed by atoms with van der Waals surface area (Å²) in [7, 11) is 0. The zero-order valence-corrected chi connectivity index (χ0v) is 15.1. The van der Waals surface area contributed by atoms with Gasteiger partial charge in [-0.25, -0.2) is 19.2 Å². The third-order valence-electron chi connectivity index (χ3n) is 4.72. The van der Waals surface area contributed by atoms with E-state index in [0.29, 0.717) is 41.4 Å². The second kappa shape index (κ2) is 7.22. The number of aromatic nitrogens is 3. The van der Waals surface area contributed by atoms with Gasteiger partial charge in [-0.3, -0.25) is 10.3 Å². The predicted octanol–water partition coefficient (Wildman–Crippen LogP) is 3.17. The number of pyridine rings is 1. The van der Waals surface area contributed by atoms with Crippen molar-refractivity contribution in [2.45, 2.75) is 18.9 Å². The number of carbonyl (C=O) groups is 1. The van der Waals surface area contributed by atoms with E-state index in [-0.39, 0.29) is 5.82 Å². The smallest absolute Gasteiger partial charge is 0.321 e. The minimum Gasteiger partial charge on any atom is -0.491 e. The molecule has 0 saturated heterocycles. The monoisotopic (exact) mass is 379 g/mol. The summed E-state index contributed by atoms with van der Waals surface area (Å²) in [5, 5.41) is 5.66. The summed E-state index contributed by atoms with van der Waals surface area (Å²) in [6, 6.07) is 9.55. The molecule has 7 nitrogen and oxygen atoms in total. The molecule has 0 bridgehead atoms. The van der Waals surface area contributed by atoms with Crippen LogP contribution in [0.25, 0.3) is 0 Å². The van der Waals surface area contributed by atoms with Gasteiger partial charge in [-0.05, 0) is 42.3 Å². The summed E-state index contributed by atoms with van der Waals surface area (Å²) in [6.07, 6.45) is 4.89. The fourth-order valence-electron chi connectivity index (χ4n) is 3.30. The lowest BCUT2D eigenvalue weighted by molar-refractivity contribution is 0.200. The van der Waals surface area contributed by atoms with Gasteiger partial charge in [0.05, 0.1) is 6.61 Å². The molecule has 3 heterocycles. The summed E-state index contributed by atoms with van der Waals surface area (Å²) in [6.45, 7) is 2.04. The number of nitrogens with one attached hydrogen (secondary N) is 2. The van der Waals surface area contributed by atoms with Crippen LogP contribution in [-0.4, -0.2) is 27.6 Å². The molecule has 2 amide bonds. The molecular formula is C20H18FN5O2. The number of amides is 2. The highest BCUT2D eigenvalue weighted by Gasteiger charge is 2.42. The van der Waals surface area contributed by atoms with Crippen LogP contribution in [0.1, 0.15) is 23.2 Å².